The Morgan fingerprint density at radius 1 is 0.371 bits per heavy atom. The summed E-state index contributed by atoms with van der Waals surface area (Å²) < 4.78 is 49.4. The Morgan fingerprint density at radius 3 is 1.29 bits per heavy atom. The molecule has 0 amide bonds. The van der Waals surface area contributed by atoms with Gasteiger partial charge in [-0.3, -0.25) is 0 Å². The molecule has 0 atom stereocenters. The molecule has 8 aromatic carbocycles. The molecule has 0 unspecified atom stereocenters. The molecule has 0 aliphatic rings. The van der Waals surface area contributed by atoms with E-state index in [2.05, 4.69) is 64.6 Å². The number of hydrogen-bond donors (Lipinski definition) is 0. The van der Waals surface area contributed by atoms with Crippen LogP contribution in [0, 0.1) is 13.8 Å². The van der Waals surface area contributed by atoms with Crippen molar-refractivity contribution in [2.75, 3.05) is 0 Å². The van der Waals surface area contributed by atoms with Crippen molar-refractivity contribution in [3.05, 3.63) is 199 Å². The first-order chi connectivity index (χ1) is 30.2. The second kappa shape index (κ2) is 14.4. The third-order valence-corrected chi connectivity index (χ3v) is 11.7. The minimum absolute atomic E-state index is 0.393. The quantitative estimate of drug-likeness (QED) is 0.168. The number of rotatable bonds is 6. The number of alkyl halides is 3. The first kappa shape index (κ1) is 37.2. The molecular weight excluding hydrogens is 776 g/mol. The smallest absolute Gasteiger partial charge is 0.309 e. The van der Waals surface area contributed by atoms with Gasteiger partial charge in [-0.1, -0.05) is 120 Å². The van der Waals surface area contributed by atoms with E-state index in [1.807, 2.05) is 122 Å². The lowest BCUT2D eigenvalue weighted by atomic mass is 9.96. The van der Waals surface area contributed by atoms with E-state index in [9.17, 15) is 0 Å². The van der Waals surface area contributed by atoms with E-state index < -0.39 is 11.7 Å². The van der Waals surface area contributed by atoms with Gasteiger partial charge in [-0.25, -0.2) is 15.0 Å². The summed E-state index contributed by atoms with van der Waals surface area (Å²) in [5.41, 5.74) is 9.63. The minimum Gasteiger partial charge on any atom is -0.309 e. The fourth-order valence-electron chi connectivity index (χ4n) is 8.84. The molecule has 0 bridgehead atoms. The summed E-state index contributed by atoms with van der Waals surface area (Å²) in [6.45, 7) is 4.11. The molecule has 0 aliphatic heterocycles. The van der Waals surface area contributed by atoms with Crippen LogP contribution < -0.4 is 0 Å². The van der Waals surface area contributed by atoms with E-state index >= 15 is 13.2 Å². The Bertz CT molecular complexity index is 3470. The van der Waals surface area contributed by atoms with Crippen LogP contribution in [0.15, 0.2) is 182 Å². The molecule has 0 N–H and O–H groups in total. The first-order valence-electron chi connectivity index (χ1n) is 20.4. The summed E-state index contributed by atoms with van der Waals surface area (Å²) in [6, 6.07) is 58.2. The Labute approximate surface area is 355 Å². The van der Waals surface area contributed by atoms with Gasteiger partial charge in [0.15, 0.2) is 17.5 Å². The van der Waals surface area contributed by atoms with Crippen LogP contribution in [0.2, 0.25) is 0 Å². The molecule has 8 heteroatoms. The molecule has 0 fully saturated rings. The maximum Gasteiger partial charge on any atom is 0.416 e. The zero-order valence-electron chi connectivity index (χ0n) is 33.7. The van der Waals surface area contributed by atoms with E-state index in [0.29, 0.717) is 45.5 Å². The summed E-state index contributed by atoms with van der Waals surface area (Å²) in [4.78, 5) is 15.0. The number of para-hydroxylation sites is 2. The van der Waals surface area contributed by atoms with Gasteiger partial charge in [-0.2, -0.15) is 13.2 Å². The van der Waals surface area contributed by atoms with Crippen LogP contribution in [0.25, 0.3) is 100 Å². The Hall–Kier alpha value is -7.84. The molecule has 0 saturated carbocycles. The first-order valence-corrected chi connectivity index (χ1v) is 20.4. The third-order valence-electron chi connectivity index (χ3n) is 11.7. The minimum atomic E-state index is -4.61. The number of benzene rings is 8. The molecule has 3 aromatic heterocycles. The van der Waals surface area contributed by atoms with Gasteiger partial charge in [-0.15, -0.1) is 0 Å². The lowest BCUT2D eigenvalue weighted by Gasteiger charge is -2.21. The van der Waals surface area contributed by atoms with Crippen molar-refractivity contribution in [2.45, 2.75) is 20.0 Å². The molecular formula is C54H36F3N5. The van der Waals surface area contributed by atoms with Crippen molar-refractivity contribution in [1.82, 2.24) is 24.1 Å². The van der Waals surface area contributed by atoms with E-state index in [1.54, 1.807) is 6.07 Å². The number of fused-ring (bicyclic) bond motifs is 6. The van der Waals surface area contributed by atoms with Gasteiger partial charge in [0, 0.05) is 49.4 Å². The Kier molecular flexibility index (Phi) is 8.65. The SMILES string of the molecule is Cc1ccc2c(c1)c1ccccc1n2-c1ccc(-c2nc(-c3ccccc3)nc(-c3ccccc3)n2)cc1-c1cc(C(F)(F)F)ccc1-n1c2ccccc2c2cc(C)ccc21. The van der Waals surface area contributed by atoms with Gasteiger partial charge in [0.25, 0.3) is 0 Å². The highest BCUT2D eigenvalue weighted by Gasteiger charge is 2.32. The average molecular weight is 812 g/mol. The fraction of sp³-hybridized carbons (Fsp3) is 0.0556. The van der Waals surface area contributed by atoms with Gasteiger partial charge in [0.2, 0.25) is 0 Å². The lowest BCUT2D eigenvalue weighted by Crippen LogP contribution is -2.08. The number of aryl methyl sites for hydroxylation is 2. The van der Waals surface area contributed by atoms with Crippen molar-refractivity contribution in [3.8, 4) is 56.7 Å². The topological polar surface area (TPSA) is 48.5 Å². The predicted octanol–water partition coefficient (Wildman–Crippen LogP) is 14.4. The molecule has 0 spiro atoms. The van der Waals surface area contributed by atoms with Crippen LogP contribution in [0.4, 0.5) is 13.2 Å². The monoisotopic (exact) mass is 811 g/mol. The highest BCUT2D eigenvalue weighted by atomic mass is 19.4. The van der Waals surface area contributed by atoms with Crippen molar-refractivity contribution in [3.63, 3.8) is 0 Å². The van der Waals surface area contributed by atoms with Crippen LogP contribution in [0.3, 0.4) is 0 Å². The summed E-state index contributed by atoms with van der Waals surface area (Å²) in [6.07, 6.45) is -4.61. The molecule has 3 heterocycles. The lowest BCUT2D eigenvalue weighted by molar-refractivity contribution is -0.137. The average Bonchev–Trinajstić information content (AvgIpc) is 3.80. The van der Waals surface area contributed by atoms with Gasteiger partial charge in [0.05, 0.1) is 39.0 Å². The Morgan fingerprint density at radius 2 is 0.790 bits per heavy atom. The largest absolute Gasteiger partial charge is 0.416 e. The second-order valence-corrected chi connectivity index (χ2v) is 15.7. The molecule has 0 radical (unpaired) electrons. The highest BCUT2D eigenvalue weighted by molar-refractivity contribution is 6.12. The zero-order chi connectivity index (χ0) is 42.1. The predicted molar refractivity (Wildman–Crippen MR) is 245 cm³/mol. The summed E-state index contributed by atoms with van der Waals surface area (Å²) in [5, 5.41) is 4.12. The normalized spacial score (nSPS) is 12.0. The highest BCUT2D eigenvalue weighted by Crippen LogP contribution is 2.44. The van der Waals surface area contributed by atoms with Crippen molar-refractivity contribution < 1.29 is 13.2 Å². The molecule has 62 heavy (non-hydrogen) atoms. The van der Waals surface area contributed by atoms with Crippen molar-refractivity contribution in [2.24, 2.45) is 0 Å². The maximum atomic E-state index is 15.1. The van der Waals surface area contributed by atoms with E-state index in [0.717, 1.165) is 65.9 Å². The van der Waals surface area contributed by atoms with Gasteiger partial charge in [-0.05, 0) is 86.6 Å². The molecule has 11 rings (SSSR count). The summed E-state index contributed by atoms with van der Waals surface area (Å²) >= 11 is 0. The van der Waals surface area contributed by atoms with Crippen LogP contribution in [0.5, 0.6) is 0 Å². The number of aromatic nitrogens is 5. The second-order valence-electron chi connectivity index (χ2n) is 15.7. The van der Waals surface area contributed by atoms with Crippen LogP contribution in [-0.2, 0) is 6.18 Å². The van der Waals surface area contributed by atoms with E-state index in [1.165, 1.54) is 12.1 Å². The fourth-order valence-corrected chi connectivity index (χ4v) is 8.84. The summed E-state index contributed by atoms with van der Waals surface area (Å²) in [5.74, 6) is 1.36. The Balaban J connectivity index is 1.27. The standard InChI is InChI=1S/C54H36F3N5/c1-33-21-25-47-41(29-33)39-17-9-11-19-45(39)61(47)49-27-23-37(53-59-51(35-13-5-3-6-14-35)58-52(60-53)36-15-7-4-8-16-36)31-43(49)44-32-38(54(55,56)57)24-28-50(44)62-46-20-12-10-18-40(46)42-30-34(2)22-26-48(42)62/h3-32H,1-2H3. The molecule has 5 nitrogen and oxygen atoms in total. The van der Waals surface area contributed by atoms with Crippen molar-refractivity contribution in [1.29, 1.82) is 0 Å². The van der Waals surface area contributed by atoms with Gasteiger partial charge >= 0.3 is 6.18 Å². The van der Waals surface area contributed by atoms with Crippen LogP contribution >= 0.6 is 0 Å². The van der Waals surface area contributed by atoms with Gasteiger partial charge < -0.3 is 9.13 Å². The number of halogens is 3. The summed E-state index contributed by atoms with van der Waals surface area (Å²) in [7, 11) is 0. The third kappa shape index (κ3) is 6.22. The molecule has 0 aliphatic carbocycles. The number of hydrogen-bond acceptors (Lipinski definition) is 3. The zero-order valence-corrected chi connectivity index (χ0v) is 33.7. The molecule has 0 saturated heterocycles. The van der Waals surface area contributed by atoms with Gasteiger partial charge in [0.1, 0.15) is 0 Å². The van der Waals surface area contributed by atoms with E-state index in [4.69, 9.17) is 15.0 Å². The molecule has 298 valence electrons. The number of nitrogens with zero attached hydrogens (tertiary/aromatic N) is 5. The van der Waals surface area contributed by atoms with Crippen LogP contribution in [-0.4, -0.2) is 24.1 Å². The van der Waals surface area contributed by atoms with Crippen LogP contribution in [0.1, 0.15) is 16.7 Å². The van der Waals surface area contributed by atoms with Crippen molar-refractivity contribution >= 4 is 43.6 Å². The maximum absolute atomic E-state index is 15.1. The molecule has 11 aromatic rings. The van der Waals surface area contributed by atoms with E-state index in [-0.39, 0.29) is 0 Å².